The Labute approximate surface area is 173 Å². The van der Waals surface area contributed by atoms with Crippen LogP contribution in [-0.4, -0.2) is 25.7 Å². The van der Waals surface area contributed by atoms with Crippen molar-refractivity contribution in [1.29, 1.82) is 0 Å². The summed E-state index contributed by atoms with van der Waals surface area (Å²) in [5, 5.41) is 0.878. The molecule has 0 aliphatic heterocycles. The van der Waals surface area contributed by atoms with Crippen LogP contribution in [0.4, 0.5) is 0 Å². The third-order valence-electron chi connectivity index (χ3n) is 4.40. The molecule has 0 aliphatic rings. The summed E-state index contributed by atoms with van der Waals surface area (Å²) >= 11 is 12.5. The smallest absolute Gasteiger partial charge is 0.196 e. The minimum absolute atomic E-state index is 0.191. The first-order valence-electron chi connectivity index (χ1n) is 8.43. The average molecular weight is 425 g/mol. The number of H-pyrrole nitrogens is 1. The van der Waals surface area contributed by atoms with Crippen molar-refractivity contribution in [1.82, 2.24) is 19.9 Å². The van der Waals surface area contributed by atoms with Crippen LogP contribution in [0.15, 0.2) is 59.7 Å². The third kappa shape index (κ3) is 3.00. The van der Waals surface area contributed by atoms with Gasteiger partial charge in [0, 0.05) is 17.8 Å². The van der Waals surface area contributed by atoms with Gasteiger partial charge < -0.3 is 14.1 Å². The van der Waals surface area contributed by atoms with E-state index in [1.54, 1.807) is 30.5 Å². The monoisotopic (exact) mass is 424 g/mol. The van der Waals surface area contributed by atoms with Crippen molar-refractivity contribution in [2.24, 2.45) is 0 Å². The zero-order valence-corrected chi connectivity index (χ0v) is 16.0. The second-order valence-corrected chi connectivity index (χ2v) is 6.89. The number of ether oxygens (including phenoxy) is 1. The minimum atomic E-state index is -0.304. The lowest BCUT2D eigenvalue weighted by Crippen LogP contribution is -2.02. The van der Waals surface area contributed by atoms with Crippen LogP contribution in [0.1, 0.15) is 15.9 Å². The first-order valence-corrected chi connectivity index (χ1v) is 9.19. The maximum atomic E-state index is 13.0. The fourth-order valence-corrected chi connectivity index (χ4v) is 3.55. The van der Waals surface area contributed by atoms with E-state index in [1.165, 1.54) is 12.7 Å². The lowest BCUT2D eigenvalue weighted by atomic mass is 10.0. The van der Waals surface area contributed by atoms with Gasteiger partial charge in [0.25, 0.3) is 0 Å². The summed E-state index contributed by atoms with van der Waals surface area (Å²) in [7, 11) is 0. The number of nitrogens with zero attached hydrogens (tertiary/aromatic N) is 3. The summed E-state index contributed by atoms with van der Waals surface area (Å²) in [5.41, 5.74) is 2.32. The van der Waals surface area contributed by atoms with E-state index in [4.69, 9.17) is 32.4 Å². The molecule has 3 aromatic heterocycles. The summed E-state index contributed by atoms with van der Waals surface area (Å²) in [5.74, 6) is 0.647. The summed E-state index contributed by atoms with van der Waals surface area (Å²) in [6.07, 6.45) is 4.21. The van der Waals surface area contributed by atoms with Crippen molar-refractivity contribution in [3.63, 3.8) is 0 Å². The summed E-state index contributed by atoms with van der Waals surface area (Å²) < 4.78 is 11.2. The molecule has 0 unspecified atom stereocenters. The molecular formula is C20H10Cl2N4O3. The SMILES string of the molecule is O=C(c1ccc(Oc2cccc3ncoc23)cc1Cl)c1c[nH]c2ncnc(Cl)c12. The second kappa shape index (κ2) is 6.88. The van der Waals surface area contributed by atoms with Crippen molar-refractivity contribution >= 4 is 51.1 Å². The number of carbonyl (C=O) groups excluding carboxylic acids is 1. The molecule has 142 valence electrons. The minimum Gasteiger partial charge on any atom is -0.453 e. The Morgan fingerprint density at radius 3 is 2.83 bits per heavy atom. The fourth-order valence-electron chi connectivity index (χ4n) is 3.06. The maximum Gasteiger partial charge on any atom is 0.196 e. The predicted molar refractivity (Wildman–Crippen MR) is 108 cm³/mol. The number of fused-ring (bicyclic) bond motifs is 2. The molecule has 5 aromatic rings. The number of benzene rings is 2. The van der Waals surface area contributed by atoms with Crippen molar-refractivity contribution in [2.45, 2.75) is 0 Å². The highest BCUT2D eigenvalue weighted by molar-refractivity contribution is 6.38. The Morgan fingerprint density at radius 1 is 1.07 bits per heavy atom. The molecule has 0 bridgehead atoms. The van der Waals surface area contributed by atoms with Gasteiger partial charge in [0.15, 0.2) is 23.5 Å². The van der Waals surface area contributed by atoms with E-state index < -0.39 is 0 Å². The standard InChI is InChI=1S/C20H10Cl2N4O3/c21-13-6-10(29-15-3-1-2-14-18(15)28-9-26-14)4-5-11(13)17(27)12-7-23-20-16(12)19(22)24-8-25-20/h1-9H,(H,23,24,25). The summed E-state index contributed by atoms with van der Waals surface area (Å²) in [6, 6.07) is 10.2. The first-order chi connectivity index (χ1) is 14.1. The highest BCUT2D eigenvalue weighted by Crippen LogP contribution is 2.33. The predicted octanol–water partition coefficient (Wildman–Crippen LogP) is 5.43. The highest BCUT2D eigenvalue weighted by Gasteiger charge is 2.20. The van der Waals surface area contributed by atoms with Crippen LogP contribution in [0.2, 0.25) is 10.2 Å². The molecule has 0 radical (unpaired) electrons. The maximum absolute atomic E-state index is 13.0. The largest absolute Gasteiger partial charge is 0.453 e. The zero-order valence-electron chi connectivity index (χ0n) is 14.5. The van der Waals surface area contributed by atoms with Gasteiger partial charge in [-0.2, -0.15) is 0 Å². The molecule has 2 aromatic carbocycles. The Morgan fingerprint density at radius 2 is 1.97 bits per heavy atom. The van der Waals surface area contributed by atoms with Crippen LogP contribution in [0.25, 0.3) is 22.1 Å². The molecule has 0 atom stereocenters. The van der Waals surface area contributed by atoms with Crippen LogP contribution in [0.5, 0.6) is 11.5 Å². The van der Waals surface area contributed by atoms with Gasteiger partial charge >= 0.3 is 0 Å². The van der Waals surface area contributed by atoms with E-state index in [-0.39, 0.29) is 16.0 Å². The molecule has 0 saturated heterocycles. The van der Waals surface area contributed by atoms with Gasteiger partial charge in [-0.05, 0) is 24.3 Å². The van der Waals surface area contributed by atoms with E-state index in [9.17, 15) is 4.79 Å². The van der Waals surface area contributed by atoms with Crippen molar-refractivity contribution in [2.75, 3.05) is 0 Å². The van der Waals surface area contributed by atoms with Gasteiger partial charge in [-0.25, -0.2) is 15.0 Å². The van der Waals surface area contributed by atoms with Gasteiger partial charge in [-0.3, -0.25) is 4.79 Å². The number of halogens is 2. The third-order valence-corrected chi connectivity index (χ3v) is 5.00. The van der Waals surface area contributed by atoms with Crippen LogP contribution in [0.3, 0.4) is 0 Å². The number of nitrogens with one attached hydrogen (secondary N) is 1. The molecule has 0 amide bonds. The number of para-hydroxylation sites is 1. The number of rotatable bonds is 4. The molecule has 29 heavy (non-hydrogen) atoms. The van der Waals surface area contributed by atoms with Crippen LogP contribution in [0, 0.1) is 0 Å². The van der Waals surface area contributed by atoms with E-state index in [1.807, 2.05) is 12.1 Å². The molecule has 0 fully saturated rings. The molecule has 5 rings (SSSR count). The number of aromatic nitrogens is 4. The number of hydrogen-bond acceptors (Lipinski definition) is 6. The number of aromatic amines is 1. The van der Waals surface area contributed by atoms with Gasteiger partial charge in [-0.15, -0.1) is 0 Å². The summed E-state index contributed by atoms with van der Waals surface area (Å²) in [4.78, 5) is 28.0. The molecule has 0 saturated carbocycles. The van der Waals surface area contributed by atoms with Gasteiger partial charge in [0.2, 0.25) is 0 Å². The molecule has 7 nitrogen and oxygen atoms in total. The Hall–Kier alpha value is -3.42. The van der Waals surface area contributed by atoms with Crippen LogP contribution in [-0.2, 0) is 0 Å². The Balaban J connectivity index is 1.49. The molecule has 1 N–H and O–H groups in total. The highest BCUT2D eigenvalue weighted by atomic mass is 35.5. The van der Waals surface area contributed by atoms with E-state index in [2.05, 4.69) is 19.9 Å². The lowest BCUT2D eigenvalue weighted by molar-refractivity contribution is 0.104. The second-order valence-electron chi connectivity index (χ2n) is 6.12. The topological polar surface area (TPSA) is 93.9 Å². The van der Waals surface area contributed by atoms with Crippen LogP contribution < -0.4 is 4.74 Å². The Kier molecular flexibility index (Phi) is 4.19. The molecular weight excluding hydrogens is 415 g/mol. The number of ketones is 1. The van der Waals surface area contributed by atoms with Crippen molar-refractivity contribution < 1.29 is 13.9 Å². The van der Waals surface area contributed by atoms with Gasteiger partial charge in [-0.1, -0.05) is 29.3 Å². The molecule has 0 spiro atoms. The summed E-state index contributed by atoms with van der Waals surface area (Å²) in [6.45, 7) is 0. The number of oxazole rings is 1. The van der Waals surface area contributed by atoms with Crippen molar-refractivity contribution in [3.05, 3.63) is 76.6 Å². The first kappa shape index (κ1) is 17.7. The molecule has 9 heteroatoms. The zero-order chi connectivity index (χ0) is 20.0. The average Bonchev–Trinajstić information content (AvgIpc) is 3.36. The number of hydrogen-bond donors (Lipinski definition) is 1. The lowest BCUT2D eigenvalue weighted by Gasteiger charge is -2.08. The molecule has 3 heterocycles. The van der Waals surface area contributed by atoms with Gasteiger partial charge in [0.05, 0.1) is 16.0 Å². The van der Waals surface area contributed by atoms with E-state index >= 15 is 0 Å². The van der Waals surface area contributed by atoms with Crippen molar-refractivity contribution in [3.8, 4) is 11.5 Å². The van der Waals surface area contributed by atoms with Gasteiger partial charge in [0.1, 0.15) is 28.4 Å². The molecule has 0 aliphatic carbocycles. The normalized spacial score (nSPS) is 11.2. The van der Waals surface area contributed by atoms with E-state index in [0.717, 1.165) is 0 Å². The van der Waals surface area contributed by atoms with Crippen LogP contribution >= 0.6 is 23.2 Å². The fraction of sp³-hybridized carbons (Fsp3) is 0. The Bertz CT molecular complexity index is 1390. The van der Waals surface area contributed by atoms with E-state index in [0.29, 0.717) is 44.8 Å². The quantitative estimate of drug-likeness (QED) is 0.305. The number of carbonyl (C=O) groups is 1.